The van der Waals surface area contributed by atoms with Gasteiger partial charge in [-0.05, 0) is 62.0 Å². The fraction of sp³-hybridized carbons (Fsp3) is 0.400. The number of benzene rings is 2. The summed E-state index contributed by atoms with van der Waals surface area (Å²) in [5.74, 6) is 1.70. The molecular weight excluding hydrogens is 412 g/mol. The van der Waals surface area contributed by atoms with Gasteiger partial charge in [0.05, 0.1) is 12.1 Å². The van der Waals surface area contributed by atoms with Crippen LogP contribution >= 0.6 is 11.6 Å². The van der Waals surface area contributed by atoms with Crippen LogP contribution in [0.5, 0.6) is 11.5 Å². The molecule has 1 aliphatic carbocycles. The minimum Gasteiger partial charge on any atom is -0.495 e. The molecule has 0 bridgehead atoms. The molecule has 5 nitrogen and oxygen atoms in total. The van der Waals surface area contributed by atoms with E-state index in [1.165, 1.54) is 5.56 Å². The molecule has 1 saturated heterocycles. The Kier molecular flexibility index (Phi) is 6.54. The van der Waals surface area contributed by atoms with Crippen LogP contribution in [0.3, 0.4) is 0 Å². The van der Waals surface area contributed by atoms with Crippen molar-refractivity contribution in [1.29, 1.82) is 0 Å². The molecule has 1 amide bonds. The number of methoxy groups -OCH3 is 1. The fourth-order valence-corrected chi connectivity index (χ4v) is 4.82. The number of rotatable bonds is 8. The first-order chi connectivity index (χ1) is 15.0. The maximum Gasteiger partial charge on any atom is 0.228 e. The number of halogens is 1. The predicted molar refractivity (Wildman–Crippen MR) is 124 cm³/mol. The Morgan fingerprint density at radius 1 is 1.26 bits per heavy atom. The zero-order valence-electron chi connectivity index (χ0n) is 17.9. The van der Waals surface area contributed by atoms with Crippen LogP contribution in [-0.2, 0) is 11.3 Å². The highest BCUT2D eigenvalue weighted by Gasteiger charge is 2.58. The molecule has 0 aromatic heterocycles. The zero-order chi connectivity index (χ0) is 21.8. The minimum absolute atomic E-state index is 0.0822. The van der Waals surface area contributed by atoms with Gasteiger partial charge in [-0.25, -0.2) is 0 Å². The van der Waals surface area contributed by atoms with Crippen molar-refractivity contribution in [2.75, 3.05) is 32.1 Å². The Bertz CT molecular complexity index is 954. The number of para-hydroxylation sites is 1. The quantitative estimate of drug-likeness (QED) is 0.576. The molecule has 1 saturated carbocycles. The summed E-state index contributed by atoms with van der Waals surface area (Å²) in [6.45, 7) is 7.09. The SMILES string of the molecule is C=CCOc1ccccc1CN1CCC2(CC1)CC2C(=O)Nc1ccc(OC)c(Cl)c1. The van der Waals surface area contributed by atoms with Gasteiger partial charge in [0, 0.05) is 23.7 Å². The van der Waals surface area contributed by atoms with Crippen molar-refractivity contribution in [1.82, 2.24) is 4.90 Å². The largest absolute Gasteiger partial charge is 0.495 e. The van der Waals surface area contributed by atoms with Crippen molar-refractivity contribution in [2.45, 2.75) is 25.8 Å². The maximum absolute atomic E-state index is 12.8. The topological polar surface area (TPSA) is 50.8 Å². The first kappa shape index (κ1) is 21.7. The molecule has 4 rings (SSSR count). The van der Waals surface area contributed by atoms with E-state index in [4.69, 9.17) is 21.1 Å². The molecule has 1 N–H and O–H groups in total. The molecule has 6 heteroatoms. The molecule has 1 spiro atoms. The zero-order valence-corrected chi connectivity index (χ0v) is 18.7. The number of hydrogen-bond acceptors (Lipinski definition) is 4. The average molecular weight is 441 g/mol. The number of ether oxygens (including phenoxy) is 2. The van der Waals surface area contributed by atoms with Gasteiger partial charge in [-0.15, -0.1) is 0 Å². The van der Waals surface area contributed by atoms with Gasteiger partial charge in [0.15, 0.2) is 0 Å². The summed E-state index contributed by atoms with van der Waals surface area (Å²) < 4.78 is 11.0. The molecular formula is C25H29ClN2O3. The molecule has 2 aromatic carbocycles. The molecule has 31 heavy (non-hydrogen) atoms. The number of anilines is 1. The summed E-state index contributed by atoms with van der Waals surface area (Å²) in [6.07, 6.45) is 4.82. The molecule has 2 aliphatic rings. The third-order valence-corrected chi connectivity index (χ3v) is 6.80. The second-order valence-corrected chi connectivity index (χ2v) is 8.85. The molecule has 0 radical (unpaired) electrons. The van der Waals surface area contributed by atoms with Crippen molar-refractivity contribution in [3.05, 3.63) is 65.7 Å². The summed E-state index contributed by atoms with van der Waals surface area (Å²) in [6, 6.07) is 13.5. The number of carbonyl (C=O) groups excluding carboxylic acids is 1. The number of likely N-dealkylation sites (tertiary alicyclic amines) is 1. The summed E-state index contributed by atoms with van der Waals surface area (Å²) >= 11 is 6.18. The molecule has 2 aromatic rings. The Morgan fingerprint density at radius 3 is 2.74 bits per heavy atom. The second-order valence-electron chi connectivity index (χ2n) is 8.44. The maximum atomic E-state index is 12.8. The van der Waals surface area contributed by atoms with Crippen LogP contribution in [0.1, 0.15) is 24.8 Å². The van der Waals surface area contributed by atoms with Crippen molar-refractivity contribution < 1.29 is 14.3 Å². The van der Waals surface area contributed by atoms with Gasteiger partial charge in [0.2, 0.25) is 5.91 Å². The Labute approximate surface area is 189 Å². The third kappa shape index (κ3) is 4.89. The third-order valence-electron chi connectivity index (χ3n) is 6.50. The van der Waals surface area contributed by atoms with Gasteiger partial charge in [-0.1, -0.05) is 42.5 Å². The summed E-state index contributed by atoms with van der Waals surface area (Å²) in [7, 11) is 1.58. The summed E-state index contributed by atoms with van der Waals surface area (Å²) in [5.41, 5.74) is 2.06. The Morgan fingerprint density at radius 2 is 2.03 bits per heavy atom. The van der Waals surface area contributed by atoms with Crippen molar-refractivity contribution in [2.24, 2.45) is 11.3 Å². The van der Waals surface area contributed by atoms with E-state index in [0.29, 0.717) is 23.1 Å². The average Bonchev–Trinajstić information content (AvgIpc) is 3.48. The number of nitrogens with zero attached hydrogens (tertiary/aromatic N) is 1. The lowest BCUT2D eigenvalue weighted by Gasteiger charge is -2.33. The predicted octanol–water partition coefficient (Wildman–Crippen LogP) is 5.15. The highest BCUT2D eigenvalue weighted by molar-refractivity contribution is 6.32. The van der Waals surface area contributed by atoms with Gasteiger partial charge in [-0.2, -0.15) is 0 Å². The van der Waals surface area contributed by atoms with E-state index in [-0.39, 0.29) is 17.2 Å². The standard InChI is InChI=1S/C25H29ClN2O3/c1-3-14-31-22-7-5-4-6-18(22)17-28-12-10-25(11-13-28)16-20(25)24(29)27-19-8-9-23(30-2)21(26)15-19/h3-9,15,20H,1,10-14,16-17H2,2H3,(H,27,29). The van der Waals surface area contributed by atoms with E-state index in [2.05, 4.69) is 22.9 Å². The molecule has 1 atom stereocenters. The summed E-state index contributed by atoms with van der Waals surface area (Å²) in [4.78, 5) is 15.3. The smallest absolute Gasteiger partial charge is 0.228 e. The van der Waals surface area contributed by atoms with Crippen LogP contribution in [0, 0.1) is 11.3 Å². The van der Waals surface area contributed by atoms with Crippen molar-refractivity contribution >= 4 is 23.2 Å². The number of nitrogens with one attached hydrogen (secondary N) is 1. The lowest BCUT2D eigenvalue weighted by atomic mass is 9.90. The fourth-order valence-electron chi connectivity index (χ4n) is 4.57. The lowest BCUT2D eigenvalue weighted by molar-refractivity contribution is -0.118. The number of hydrogen-bond donors (Lipinski definition) is 1. The van der Waals surface area contributed by atoms with Crippen molar-refractivity contribution in [3.8, 4) is 11.5 Å². The van der Waals surface area contributed by atoms with Gasteiger partial charge in [-0.3, -0.25) is 9.69 Å². The number of carbonyl (C=O) groups is 1. The molecule has 2 fully saturated rings. The molecule has 1 unspecified atom stereocenters. The van der Waals surface area contributed by atoms with Gasteiger partial charge >= 0.3 is 0 Å². The normalized spacial score (nSPS) is 19.6. The Balaban J connectivity index is 1.30. The minimum atomic E-state index is 0.0822. The van der Waals surface area contributed by atoms with Gasteiger partial charge in [0.25, 0.3) is 0 Å². The Hall–Kier alpha value is -2.50. The lowest BCUT2D eigenvalue weighted by Crippen LogP contribution is -2.35. The van der Waals surface area contributed by atoms with Crippen LogP contribution < -0.4 is 14.8 Å². The van der Waals surface area contributed by atoms with E-state index in [0.717, 1.165) is 44.6 Å². The second kappa shape index (κ2) is 9.33. The molecule has 1 aliphatic heterocycles. The van der Waals surface area contributed by atoms with Crippen LogP contribution in [-0.4, -0.2) is 37.6 Å². The van der Waals surface area contributed by atoms with Crippen LogP contribution in [0.25, 0.3) is 0 Å². The van der Waals surface area contributed by atoms with Crippen LogP contribution in [0.15, 0.2) is 55.1 Å². The molecule has 1 heterocycles. The van der Waals surface area contributed by atoms with Gasteiger partial charge in [0.1, 0.15) is 18.1 Å². The highest BCUT2D eigenvalue weighted by atomic mass is 35.5. The summed E-state index contributed by atoms with van der Waals surface area (Å²) in [5, 5.41) is 3.53. The van der Waals surface area contributed by atoms with Crippen molar-refractivity contribution in [3.63, 3.8) is 0 Å². The van der Waals surface area contributed by atoms with Gasteiger partial charge < -0.3 is 14.8 Å². The number of piperidine rings is 1. The van der Waals surface area contributed by atoms with E-state index in [1.807, 2.05) is 24.3 Å². The highest BCUT2D eigenvalue weighted by Crippen LogP contribution is 2.59. The number of amides is 1. The monoisotopic (exact) mass is 440 g/mol. The van der Waals surface area contributed by atoms with E-state index in [9.17, 15) is 4.79 Å². The first-order valence-corrected chi connectivity index (χ1v) is 11.1. The van der Waals surface area contributed by atoms with Crippen LogP contribution in [0.4, 0.5) is 5.69 Å². The molecule has 164 valence electrons. The van der Waals surface area contributed by atoms with E-state index < -0.39 is 0 Å². The van der Waals surface area contributed by atoms with E-state index in [1.54, 1.807) is 25.3 Å². The van der Waals surface area contributed by atoms with Crippen LogP contribution in [0.2, 0.25) is 5.02 Å². The van der Waals surface area contributed by atoms with E-state index >= 15 is 0 Å². The first-order valence-electron chi connectivity index (χ1n) is 10.7.